The lowest BCUT2D eigenvalue weighted by Crippen LogP contribution is -2.11. The molecule has 0 radical (unpaired) electrons. The van der Waals surface area contributed by atoms with Crippen molar-refractivity contribution in [3.63, 3.8) is 0 Å². The standard InChI is InChI=1S/C30H26N6O3S/c1-4-5-23(37)36-20-9-6-18(7-10-20)26-24(25-27(40-26)21(29(32)38)15-34-28(25)31)19-8-11-22(16(2)14-19)39-30-33-13-12-17(3)35-30/h4-15H,1-3H3,(H2,31,34)(H2,32,38)(H,36,37). The molecule has 2 aromatic carbocycles. The third-order valence-electron chi connectivity index (χ3n) is 6.18. The predicted molar refractivity (Wildman–Crippen MR) is 158 cm³/mol. The number of primary amides is 1. The van der Waals surface area contributed by atoms with Gasteiger partial charge in [0.25, 0.3) is 5.91 Å². The molecule has 0 saturated carbocycles. The number of pyridine rings is 1. The van der Waals surface area contributed by atoms with E-state index < -0.39 is 5.91 Å². The van der Waals surface area contributed by atoms with Gasteiger partial charge in [0.15, 0.2) is 0 Å². The van der Waals surface area contributed by atoms with Crippen molar-refractivity contribution in [3.05, 3.63) is 89.9 Å². The molecule has 2 amide bonds. The van der Waals surface area contributed by atoms with E-state index in [1.807, 2.05) is 56.3 Å². The zero-order valence-corrected chi connectivity index (χ0v) is 22.9. The van der Waals surface area contributed by atoms with E-state index in [9.17, 15) is 9.59 Å². The molecule has 5 rings (SSSR count). The summed E-state index contributed by atoms with van der Waals surface area (Å²) in [4.78, 5) is 37.9. The van der Waals surface area contributed by atoms with Gasteiger partial charge in [-0.05, 0) is 73.9 Å². The number of nitrogen functional groups attached to an aromatic ring is 1. The largest absolute Gasteiger partial charge is 0.424 e. The second-order valence-corrected chi connectivity index (χ2v) is 10.1. The Bertz CT molecular complexity index is 1790. The highest BCUT2D eigenvalue weighted by atomic mass is 32.1. The van der Waals surface area contributed by atoms with Crippen LogP contribution in [0.15, 0.2) is 73.1 Å². The molecular formula is C30H26N6O3S. The fourth-order valence-corrected chi connectivity index (χ4v) is 5.66. The third-order valence-corrected chi connectivity index (χ3v) is 7.45. The maximum atomic E-state index is 12.3. The molecule has 0 bridgehead atoms. The van der Waals surface area contributed by atoms with Crippen molar-refractivity contribution in [1.82, 2.24) is 15.0 Å². The Balaban J connectivity index is 1.64. The molecule has 0 atom stereocenters. The number of benzene rings is 2. The molecule has 0 aliphatic rings. The fourth-order valence-electron chi connectivity index (χ4n) is 4.31. The molecule has 0 aliphatic heterocycles. The summed E-state index contributed by atoms with van der Waals surface area (Å²) in [5, 5.41) is 3.48. The summed E-state index contributed by atoms with van der Waals surface area (Å²) in [6.45, 7) is 5.58. The number of carbonyl (C=O) groups excluding carboxylic acids is 2. The summed E-state index contributed by atoms with van der Waals surface area (Å²) in [7, 11) is 0. The van der Waals surface area contributed by atoms with Gasteiger partial charge in [0.2, 0.25) is 5.91 Å². The highest BCUT2D eigenvalue weighted by Gasteiger charge is 2.23. The predicted octanol–water partition coefficient (Wildman–Crippen LogP) is 6.03. The number of carbonyl (C=O) groups is 2. The topological polar surface area (TPSA) is 146 Å². The molecule has 10 heteroatoms. The highest BCUT2D eigenvalue weighted by molar-refractivity contribution is 7.23. The van der Waals surface area contributed by atoms with Crippen LogP contribution >= 0.6 is 11.3 Å². The monoisotopic (exact) mass is 550 g/mol. The quantitative estimate of drug-likeness (QED) is 0.210. The number of nitrogens with two attached hydrogens (primary N) is 2. The van der Waals surface area contributed by atoms with Crippen molar-refractivity contribution in [1.29, 1.82) is 0 Å². The lowest BCUT2D eigenvalue weighted by molar-refractivity contribution is -0.111. The van der Waals surface area contributed by atoms with Crippen LogP contribution in [0.25, 0.3) is 31.7 Å². The number of thiophene rings is 1. The molecular weight excluding hydrogens is 524 g/mol. The van der Waals surface area contributed by atoms with Crippen LogP contribution in [0, 0.1) is 13.8 Å². The number of aromatic nitrogens is 3. The minimum atomic E-state index is -0.586. The molecule has 5 aromatic rings. The number of hydrogen-bond donors (Lipinski definition) is 3. The zero-order valence-electron chi connectivity index (χ0n) is 22.1. The van der Waals surface area contributed by atoms with Crippen LogP contribution in [-0.4, -0.2) is 26.8 Å². The summed E-state index contributed by atoms with van der Waals surface area (Å²) in [6, 6.07) is 15.3. The number of hydrogen-bond acceptors (Lipinski definition) is 8. The highest BCUT2D eigenvalue weighted by Crippen LogP contribution is 2.48. The fraction of sp³-hybridized carbons (Fsp3) is 0.100. The van der Waals surface area contributed by atoms with E-state index in [4.69, 9.17) is 16.2 Å². The Labute approximate surface area is 234 Å². The third kappa shape index (κ3) is 5.25. The number of nitrogens with zero attached hydrogens (tertiary/aromatic N) is 3. The van der Waals surface area contributed by atoms with E-state index in [1.165, 1.54) is 23.6 Å². The first-order valence-electron chi connectivity index (χ1n) is 12.4. The first kappa shape index (κ1) is 26.5. The smallest absolute Gasteiger partial charge is 0.322 e. The van der Waals surface area contributed by atoms with Crippen LogP contribution in [0.3, 0.4) is 0 Å². The van der Waals surface area contributed by atoms with Crippen LogP contribution in [0.4, 0.5) is 11.5 Å². The SMILES string of the molecule is CC=CC(=O)Nc1ccc(-c2sc3c(C(N)=O)cnc(N)c3c2-c2ccc(Oc3nccc(C)n3)c(C)c2)cc1. The van der Waals surface area contributed by atoms with E-state index in [0.717, 1.165) is 32.8 Å². The Hall–Kier alpha value is -5.09. The Kier molecular flexibility index (Phi) is 7.26. The molecule has 0 aliphatic carbocycles. The van der Waals surface area contributed by atoms with Gasteiger partial charge < -0.3 is 21.5 Å². The normalized spacial score (nSPS) is 11.2. The Morgan fingerprint density at radius 3 is 2.45 bits per heavy atom. The summed E-state index contributed by atoms with van der Waals surface area (Å²) >= 11 is 1.41. The van der Waals surface area contributed by atoms with E-state index in [-0.39, 0.29) is 11.9 Å². The molecule has 200 valence electrons. The molecule has 0 unspecified atom stereocenters. The van der Waals surface area contributed by atoms with Gasteiger partial charge in [-0.1, -0.05) is 24.3 Å². The number of fused-ring (bicyclic) bond motifs is 1. The molecule has 0 saturated heterocycles. The molecule has 0 spiro atoms. The average molecular weight is 551 g/mol. The Morgan fingerprint density at radius 1 is 1.02 bits per heavy atom. The van der Waals surface area contributed by atoms with Crippen molar-refractivity contribution >= 4 is 44.7 Å². The van der Waals surface area contributed by atoms with Crippen LogP contribution in [0.5, 0.6) is 11.8 Å². The number of aryl methyl sites for hydroxylation is 2. The molecule has 0 fully saturated rings. The summed E-state index contributed by atoms with van der Waals surface area (Å²) in [5.74, 6) is 0.105. The number of allylic oxidation sites excluding steroid dienone is 1. The van der Waals surface area contributed by atoms with Gasteiger partial charge in [0, 0.05) is 39.6 Å². The van der Waals surface area contributed by atoms with E-state index >= 15 is 0 Å². The van der Waals surface area contributed by atoms with Gasteiger partial charge in [0.05, 0.1) is 10.3 Å². The zero-order chi connectivity index (χ0) is 28.4. The number of rotatable bonds is 7. The number of amides is 2. The van der Waals surface area contributed by atoms with E-state index in [1.54, 1.807) is 25.3 Å². The van der Waals surface area contributed by atoms with Gasteiger partial charge in [-0.15, -0.1) is 11.3 Å². The average Bonchev–Trinajstić information content (AvgIpc) is 3.32. The van der Waals surface area contributed by atoms with E-state index in [0.29, 0.717) is 32.9 Å². The van der Waals surface area contributed by atoms with E-state index in [2.05, 4.69) is 20.3 Å². The van der Waals surface area contributed by atoms with Crippen LogP contribution in [-0.2, 0) is 4.79 Å². The van der Waals surface area contributed by atoms with Crippen molar-refractivity contribution in [3.8, 4) is 33.3 Å². The second kappa shape index (κ2) is 11.0. The first-order chi connectivity index (χ1) is 19.2. The molecule has 40 heavy (non-hydrogen) atoms. The maximum absolute atomic E-state index is 12.3. The molecule has 9 nitrogen and oxygen atoms in total. The number of ether oxygens (including phenoxy) is 1. The minimum absolute atomic E-state index is 0.211. The Morgan fingerprint density at radius 2 is 1.77 bits per heavy atom. The summed E-state index contributed by atoms with van der Waals surface area (Å²) in [5.41, 5.74) is 17.3. The molecule has 3 aromatic heterocycles. The lowest BCUT2D eigenvalue weighted by atomic mass is 9.96. The van der Waals surface area contributed by atoms with Crippen molar-refractivity contribution in [2.75, 3.05) is 11.1 Å². The number of anilines is 2. The molecule has 5 N–H and O–H groups in total. The van der Waals surface area contributed by atoms with Crippen molar-refractivity contribution in [2.45, 2.75) is 20.8 Å². The minimum Gasteiger partial charge on any atom is -0.424 e. The molecule has 3 heterocycles. The van der Waals surface area contributed by atoms with Gasteiger partial charge in [-0.2, -0.15) is 0 Å². The maximum Gasteiger partial charge on any atom is 0.322 e. The van der Waals surface area contributed by atoms with Crippen molar-refractivity contribution < 1.29 is 14.3 Å². The van der Waals surface area contributed by atoms with Crippen LogP contribution in [0.2, 0.25) is 0 Å². The van der Waals surface area contributed by atoms with Gasteiger partial charge in [0.1, 0.15) is 11.6 Å². The lowest BCUT2D eigenvalue weighted by Gasteiger charge is -2.12. The van der Waals surface area contributed by atoms with Gasteiger partial charge in [-0.25, -0.2) is 15.0 Å². The summed E-state index contributed by atoms with van der Waals surface area (Å²) in [6.07, 6.45) is 6.19. The van der Waals surface area contributed by atoms with Gasteiger partial charge >= 0.3 is 6.01 Å². The first-order valence-corrected chi connectivity index (χ1v) is 13.2. The van der Waals surface area contributed by atoms with Gasteiger partial charge in [-0.3, -0.25) is 9.59 Å². The summed E-state index contributed by atoms with van der Waals surface area (Å²) < 4.78 is 6.60. The van der Waals surface area contributed by atoms with Crippen LogP contribution < -0.4 is 21.5 Å². The van der Waals surface area contributed by atoms with Crippen LogP contribution in [0.1, 0.15) is 28.5 Å². The second-order valence-electron chi connectivity index (χ2n) is 9.06. The number of nitrogens with one attached hydrogen (secondary N) is 1. The van der Waals surface area contributed by atoms with Crippen molar-refractivity contribution in [2.24, 2.45) is 5.73 Å².